The Morgan fingerprint density at radius 2 is 1.64 bits per heavy atom. The van der Waals surface area contributed by atoms with Crippen molar-refractivity contribution in [2.45, 2.75) is 39.2 Å². The molecule has 0 saturated carbocycles. The minimum absolute atomic E-state index is 0.00776. The Morgan fingerprint density at radius 1 is 1.05 bits per heavy atom. The van der Waals surface area contributed by atoms with Gasteiger partial charge < -0.3 is 5.32 Å². The van der Waals surface area contributed by atoms with Crippen molar-refractivity contribution in [3.63, 3.8) is 0 Å². The number of aryl methyl sites for hydroxylation is 2. The van der Waals surface area contributed by atoms with Crippen LogP contribution < -0.4 is 5.32 Å². The molecule has 0 aliphatic rings. The summed E-state index contributed by atoms with van der Waals surface area (Å²) >= 11 is 0. The van der Waals surface area contributed by atoms with Crippen molar-refractivity contribution in [1.29, 1.82) is 0 Å². The molecule has 3 heteroatoms. The van der Waals surface area contributed by atoms with Crippen LogP contribution in [0.1, 0.15) is 43.0 Å². The maximum Gasteiger partial charge on any atom is 0.220 e. The number of halogens is 1. The van der Waals surface area contributed by atoms with Crippen molar-refractivity contribution in [3.8, 4) is 0 Å². The first-order chi connectivity index (χ1) is 10.6. The molecule has 2 rings (SSSR count). The van der Waals surface area contributed by atoms with Crippen LogP contribution >= 0.6 is 0 Å². The van der Waals surface area contributed by atoms with Crippen LogP contribution in [0.25, 0.3) is 0 Å². The van der Waals surface area contributed by atoms with Crippen LogP contribution in [0.15, 0.2) is 48.5 Å². The molecule has 2 aromatic carbocycles. The van der Waals surface area contributed by atoms with Gasteiger partial charge in [-0.1, -0.05) is 43.3 Å². The molecule has 0 bridgehead atoms. The van der Waals surface area contributed by atoms with E-state index in [9.17, 15) is 9.18 Å². The van der Waals surface area contributed by atoms with E-state index in [0.717, 1.165) is 17.5 Å². The number of benzene rings is 2. The van der Waals surface area contributed by atoms with E-state index in [4.69, 9.17) is 0 Å². The van der Waals surface area contributed by atoms with Crippen LogP contribution in [0.4, 0.5) is 4.39 Å². The van der Waals surface area contributed by atoms with Gasteiger partial charge in [0.1, 0.15) is 5.82 Å². The summed E-state index contributed by atoms with van der Waals surface area (Å²) in [5.74, 6) is -0.242. The Hall–Kier alpha value is -2.16. The summed E-state index contributed by atoms with van der Waals surface area (Å²) in [4.78, 5) is 12.0. The van der Waals surface area contributed by atoms with Gasteiger partial charge in [0, 0.05) is 6.42 Å². The van der Waals surface area contributed by atoms with Crippen LogP contribution in [0.5, 0.6) is 0 Å². The number of hydrogen-bond acceptors (Lipinski definition) is 1. The Labute approximate surface area is 131 Å². The zero-order chi connectivity index (χ0) is 15.9. The monoisotopic (exact) mass is 299 g/mol. The van der Waals surface area contributed by atoms with E-state index in [1.54, 1.807) is 12.1 Å². The van der Waals surface area contributed by atoms with Gasteiger partial charge in [-0.3, -0.25) is 4.79 Å². The lowest BCUT2D eigenvalue weighted by atomic mass is 10.0. The van der Waals surface area contributed by atoms with Crippen LogP contribution in [0.3, 0.4) is 0 Å². The average molecular weight is 299 g/mol. The van der Waals surface area contributed by atoms with Gasteiger partial charge in [0.15, 0.2) is 0 Å². The van der Waals surface area contributed by atoms with E-state index in [2.05, 4.69) is 36.5 Å². The number of carbonyl (C=O) groups excluding carboxylic acids is 1. The van der Waals surface area contributed by atoms with Gasteiger partial charge in [0.05, 0.1) is 6.04 Å². The lowest BCUT2D eigenvalue weighted by molar-refractivity contribution is -0.121. The summed E-state index contributed by atoms with van der Waals surface area (Å²) in [5.41, 5.74) is 3.36. The molecule has 1 amide bonds. The van der Waals surface area contributed by atoms with Crippen molar-refractivity contribution in [2.24, 2.45) is 0 Å². The SMILES string of the molecule is CCc1ccc(C(C)NC(=O)CCc2ccc(F)cc2)cc1. The smallest absolute Gasteiger partial charge is 0.220 e. The summed E-state index contributed by atoms with van der Waals surface area (Å²) in [6.07, 6.45) is 2.04. The second-order valence-corrected chi connectivity index (χ2v) is 5.51. The predicted molar refractivity (Wildman–Crippen MR) is 87.1 cm³/mol. The van der Waals surface area contributed by atoms with E-state index >= 15 is 0 Å². The van der Waals surface area contributed by atoms with Crippen LogP contribution in [-0.2, 0) is 17.6 Å². The zero-order valence-electron chi connectivity index (χ0n) is 13.1. The molecule has 0 aliphatic heterocycles. The van der Waals surface area contributed by atoms with Crippen molar-refractivity contribution in [2.75, 3.05) is 0 Å². The lowest BCUT2D eigenvalue weighted by Crippen LogP contribution is -2.26. The number of amides is 1. The van der Waals surface area contributed by atoms with Gasteiger partial charge >= 0.3 is 0 Å². The van der Waals surface area contributed by atoms with E-state index in [-0.39, 0.29) is 17.8 Å². The minimum atomic E-state index is -0.252. The molecule has 116 valence electrons. The highest BCUT2D eigenvalue weighted by atomic mass is 19.1. The molecular formula is C19H22FNO. The minimum Gasteiger partial charge on any atom is -0.350 e. The normalized spacial score (nSPS) is 12.0. The first-order valence-electron chi connectivity index (χ1n) is 7.71. The molecule has 2 nitrogen and oxygen atoms in total. The van der Waals surface area contributed by atoms with E-state index in [0.29, 0.717) is 12.8 Å². The van der Waals surface area contributed by atoms with Crippen LogP contribution in [0, 0.1) is 5.82 Å². The van der Waals surface area contributed by atoms with Gasteiger partial charge in [0.25, 0.3) is 0 Å². The standard InChI is InChI=1S/C19H22FNO/c1-3-15-4-9-17(10-5-15)14(2)21-19(22)13-8-16-6-11-18(20)12-7-16/h4-7,9-12,14H,3,8,13H2,1-2H3,(H,21,22). The Morgan fingerprint density at radius 3 is 2.23 bits per heavy atom. The number of nitrogens with one attached hydrogen (secondary N) is 1. The third-order valence-electron chi connectivity index (χ3n) is 3.82. The molecule has 1 N–H and O–H groups in total. The van der Waals surface area contributed by atoms with E-state index in [1.807, 2.05) is 6.92 Å². The van der Waals surface area contributed by atoms with Crippen molar-refractivity contribution >= 4 is 5.91 Å². The molecule has 2 aromatic rings. The summed E-state index contributed by atoms with van der Waals surface area (Å²) in [7, 11) is 0. The van der Waals surface area contributed by atoms with Gasteiger partial charge in [-0.05, 0) is 48.6 Å². The zero-order valence-corrected chi connectivity index (χ0v) is 13.1. The number of rotatable bonds is 6. The molecule has 0 aliphatic carbocycles. The molecule has 0 radical (unpaired) electrons. The summed E-state index contributed by atoms with van der Waals surface area (Å²) in [5, 5.41) is 3.00. The molecule has 1 atom stereocenters. The Bertz CT molecular complexity index is 604. The second-order valence-electron chi connectivity index (χ2n) is 5.51. The molecule has 0 spiro atoms. The van der Waals surface area contributed by atoms with Gasteiger partial charge in [-0.25, -0.2) is 4.39 Å². The van der Waals surface area contributed by atoms with E-state index < -0.39 is 0 Å². The molecule has 0 heterocycles. The summed E-state index contributed by atoms with van der Waals surface area (Å²) in [6, 6.07) is 14.6. The molecule has 0 aromatic heterocycles. The van der Waals surface area contributed by atoms with Crippen LogP contribution in [-0.4, -0.2) is 5.91 Å². The summed E-state index contributed by atoms with van der Waals surface area (Å²) < 4.78 is 12.8. The first kappa shape index (κ1) is 16.2. The second kappa shape index (κ2) is 7.74. The average Bonchev–Trinajstić information content (AvgIpc) is 2.54. The quantitative estimate of drug-likeness (QED) is 0.851. The van der Waals surface area contributed by atoms with Crippen molar-refractivity contribution in [1.82, 2.24) is 5.32 Å². The fraction of sp³-hybridized carbons (Fsp3) is 0.316. The summed E-state index contributed by atoms with van der Waals surface area (Å²) in [6.45, 7) is 4.10. The van der Waals surface area contributed by atoms with Gasteiger partial charge in [-0.2, -0.15) is 0 Å². The lowest BCUT2D eigenvalue weighted by Gasteiger charge is -2.15. The topological polar surface area (TPSA) is 29.1 Å². The highest BCUT2D eigenvalue weighted by Gasteiger charge is 2.09. The third kappa shape index (κ3) is 4.69. The largest absolute Gasteiger partial charge is 0.350 e. The van der Waals surface area contributed by atoms with E-state index in [1.165, 1.54) is 17.7 Å². The highest BCUT2D eigenvalue weighted by molar-refractivity contribution is 5.76. The highest BCUT2D eigenvalue weighted by Crippen LogP contribution is 2.14. The van der Waals surface area contributed by atoms with Crippen molar-refractivity contribution < 1.29 is 9.18 Å². The number of hydrogen-bond donors (Lipinski definition) is 1. The van der Waals surface area contributed by atoms with Crippen molar-refractivity contribution in [3.05, 3.63) is 71.0 Å². The van der Waals surface area contributed by atoms with Gasteiger partial charge in [0.2, 0.25) is 5.91 Å². The van der Waals surface area contributed by atoms with Crippen LogP contribution in [0.2, 0.25) is 0 Å². The molecular weight excluding hydrogens is 277 g/mol. The number of carbonyl (C=O) groups is 1. The molecule has 0 saturated heterocycles. The third-order valence-corrected chi connectivity index (χ3v) is 3.82. The Kier molecular flexibility index (Phi) is 5.70. The maximum absolute atomic E-state index is 12.8. The molecule has 0 fully saturated rings. The van der Waals surface area contributed by atoms with Gasteiger partial charge in [-0.15, -0.1) is 0 Å². The molecule has 22 heavy (non-hydrogen) atoms. The first-order valence-corrected chi connectivity index (χ1v) is 7.71. The fourth-order valence-electron chi connectivity index (χ4n) is 2.35. The Balaban J connectivity index is 1.83. The molecule has 1 unspecified atom stereocenters. The predicted octanol–water partition coefficient (Wildman–Crippen LogP) is 4.20. The fourth-order valence-corrected chi connectivity index (χ4v) is 2.35. The maximum atomic E-state index is 12.8.